The van der Waals surface area contributed by atoms with Crippen molar-refractivity contribution in [3.05, 3.63) is 0 Å². The van der Waals surface area contributed by atoms with Crippen LogP contribution in [0.25, 0.3) is 0 Å². The van der Waals surface area contributed by atoms with E-state index in [1.165, 1.54) is 0 Å². The second-order valence-electron chi connectivity index (χ2n) is 0.408. The Labute approximate surface area is 89.7 Å². The van der Waals surface area contributed by atoms with E-state index >= 15 is 0 Å². The molecule has 0 aromatic heterocycles. The molecule has 7 heavy (non-hydrogen) atoms. The summed E-state index contributed by atoms with van der Waals surface area (Å²) < 4.78 is 18.5. The van der Waals surface area contributed by atoms with Gasteiger partial charge in [-0.3, -0.25) is 0 Å². The predicted molar refractivity (Wildman–Crippen MR) is 23.6 cm³/mol. The molecule has 0 saturated heterocycles. The zero-order valence-corrected chi connectivity index (χ0v) is 9.96. The van der Waals surface area contributed by atoms with Crippen molar-refractivity contribution in [1.82, 2.24) is 0 Å². The molecule has 0 rings (SSSR count). The van der Waals surface area contributed by atoms with Gasteiger partial charge in [-0.05, 0) is 0 Å². The average molecular weight is 348 g/mol. The zero-order valence-electron chi connectivity index (χ0n) is 3.34. The maximum Gasteiger partial charge on any atom is 1.00 e. The van der Waals surface area contributed by atoms with Crippen molar-refractivity contribution in [3.63, 3.8) is 0 Å². The minimum atomic E-state index is -3.50. The second-order valence-corrected chi connectivity index (χ2v) is 4.49. The second kappa shape index (κ2) is 6.57. The Hall–Kier alpha value is 2.45. The number of rotatable bonds is 0. The van der Waals surface area contributed by atoms with Gasteiger partial charge in [0, 0.05) is 0 Å². The Bertz CT molecular complexity index is 96.1. The molecule has 42 valence electrons. The fraction of sp³-hybridized carbons (Fsp3) is 0. The molecule has 0 atom stereocenters. The largest absolute Gasteiger partial charge is 1.00 e. The Morgan fingerprint density at radius 2 is 1.14 bits per heavy atom. The molecule has 7 heteroatoms. The van der Waals surface area contributed by atoms with Gasteiger partial charge in [0.15, 0.2) is 0 Å². The molecule has 0 N–H and O–H groups in total. The van der Waals surface area contributed by atoms with Crippen LogP contribution < -0.4 is 29.6 Å². The van der Waals surface area contributed by atoms with E-state index < -0.39 is 7.71 Å². The summed E-state index contributed by atoms with van der Waals surface area (Å²) in [5.41, 5.74) is 0. The van der Waals surface area contributed by atoms with E-state index in [-0.39, 0.29) is 51.9 Å². The molecule has 0 aromatic rings. The third kappa shape index (κ3) is 58.6. The molecule has 0 fully saturated rings. The standard InChI is InChI=1S/Au.Na.H2O2S3/c;;1-5(2,3)4/h;;(H2,1,2,3,4)/q2*+1;/p-2. The molecule has 0 aliphatic carbocycles. The molecule has 2 nitrogen and oxygen atoms in total. The smallest absolute Gasteiger partial charge is 0.801 e. The third-order valence-corrected chi connectivity index (χ3v) is 0. The topological polar surface area (TPSA) is 46.1 Å². The first kappa shape index (κ1) is 16.2. The van der Waals surface area contributed by atoms with Crippen LogP contribution in [0, 0.1) is 0 Å². The van der Waals surface area contributed by atoms with Gasteiger partial charge < -0.3 is 9.11 Å². The summed E-state index contributed by atoms with van der Waals surface area (Å²) in [7, 11) is -3.50. The Balaban J connectivity index is -0.0000000800. The maximum atomic E-state index is 9.26. The number of hydrogen-bond acceptors (Lipinski definition) is 4. The van der Waals surface area contributed by atoms with Gasteiger partial charge in [-0.25, -0.2) is 7.71 Å². The van der Waals surface area contributed by atoms with E-state index in [0.29, 0.717) is 0 Å². The van der Waals surface area contributed by atoms with Crippen LogP contribution in [-0.2, 0) is 52.5 Å². The average Bonchev–Trinajstić information content (AvgIpc) is 0.722. The van der Waals surface area contributed by atoms with E-state index in [9.17, 15) is 9.11 Å². The summed E-state index contributed by atoms with van der Waals surface area (Å²) in [5.74, 6) is 0. The van der Waals surface area contributed by atoms with Crippen LogP contribution in [0.3, 0.4) is 0 Å². The van der Waals surface area contributed by atoms with Crippen LogP contribution in [0.2, 0.25) is 0 Å². The van der Waals surface area contributed by atoms with E-state index in [4.69, 9.17) is 0 Å². The fourth-order valence-corrected chi connectivity index (χ4v) is 0. The van der Waals surface area contributed by atoms with Gasteiger partial charge in [-0.1, -0.05) is 22.4 Å². The van der Waals surface area contributed by atoms with E-state index in [2.05, 4.69) is 22.4 Å². The van der Waals surface area contributed by atoms with Gasteiger partial charge in [0.2, 0.25) is 0 Å². The van der Waals surface area contributed by atoms with Crippen molar-refractivity contribution in [2.24, 2.45) is 0 Å². The molecule has 0 radical (unpaired) electrons. The summed E-state index contributed by atoms with van der Waals surface area (Å²) in [6.07, 6.45) is 0. The SMILES string of the molecule is [Au+].[Na+].[O-]S([O-])(=S)=S. The van der Waals surface area contributed by atoms with Crippen molar-refractivity contribution in [2.75, 3.05) is 0 Å². The minimum absolute atomic E-state index is 0. The van der Waals surface area contributed by atoms with E-state index in [1.54, 1.807) is 0 Å². The predicted octanol–water partition coefficient (Wildman–Crippen LogP) is -3.67. The van der Waals surface area contributed by atoms with Crippen molar-refractivity contribution in [3.8, 4) is 0 Å². The summed E-state index contributed by atoms with van der Waals surface area (Å²) in [6.45, 7) is 0. The Morgan fingerprint density at radius 1 is 1.14 bits per heavy atom. The normalized spacial score (nSPS) is 8.29. The summed E-state index contributed by atoms with van der Waals surface area (Å²) in [4.78, 5) is 0. The Kier molecular flexibility index (Phi) is 15.2. The van der Waals surface area contributed by atoms with Crippen molar-refractivity contribution < 1.29 is 61.0 Å². The fourth-order valence-electron chi connectivity index (χ4n) is 0. The van der Waals surface area contributed by atoms with Crippen LogP contribution in [0.4, 0.5) is 0 Å². The summed E-state index contributed by atoms with van der Waals surface area (Å²) in [5, 5.41) is 0. The van der Waals surface area contributed by atoms with Crippen LogP contribution in [-0.4, -0.2) is 9.11 Å². The van der Waals surface area contributed by atoms with Crippen LogP contribution in [0.15, 0.2) is 0 Å². The molecule has 0 aliphatic rings. The first-order chi connectivity index (χ1) is 2.00. The molecule has 0 saturated carbocycles. The first-order valence-electron chi connectivity index (χ1n) is 0.667. The number of hydrogen-bond donors (Lipinski definition) is 0. The van der Waals surface area contributed by atoms with Gasteiger partial charge in [-0.2, -0.15) is 0 Å². The van der Waals surface area contributed by atoms with Gasteiger partial charge in [0.05, 0.1) is 0 Å². The minimum Gasteiger partial charge on any atom is -0.801 e. The molecule has 0 amide bonds. The maximum absolute atomic E-state index is 9.26. The quantitative estimate of drug-likeness (QED) is 0.424. The molecule has 0 aliphatic heterocycles. The molecule has 0 spiro atoms. The Morgan fingerprint density at radius 3 is 1.14 bits per heavy atom. The molecular formula is AuNaO2S3. The molecular weight excluding hydrogens is 348 g/mol. The van der Waals surface area contributed by atoms with E-state index in [1.807, 2.05) is 0 Å². The third-order valence-electron chi connectivity index (χ3n) is 0. The summed E-state index contributed by atoms with van der Waals surface area (Å²) in [6, 6.07) is 0. The van der Waals surface area contributed by atoms with Gasteiger partial charge in [0.25, 0.3) is 0 Å². The monoisotopic (exact) mass is 348 g/mol. The molecule has 0 heterocycles. The van der Waals surface area contributed by atoms with Crippen molar-refractivity contribution in [2.45, 2.75) is 0 Å². The van der Waals surface area contributed by atoms with E-state index in [0.717, 1.165) is 0 Å². The van der Waals surface area contributed by atoms with Crippen LogP contribution in [0.5, 0.6) is 0 Å². The van der Waals surface area contributed by atoms with Crippen molar-refractivity contribution >= 4 is 30.1 Å². The molecule has 0 unspecified atom stereocenters. The van der Waals surface area contributed by atoms with Crippen molar-refractivity contribution in [1.29, 1.82) is 0 Å². The molecule has 0 aromatic carbocycles. The molecule has 0 bridgehead atoms. The van der Waals surface area contributed by atoms with Crippen LogP contribution >= 0.6 is 0 Å². The zero-order chi connectivity index (χ0) is 4.50. The van der Waals surface area contributed by atoms with Gasteiger partial charge in [0.1, 0.15) is 0 Å². The van der Waals surface area contributed by atoms with Crippen LogP contribution in [0.1, 0.15) is 0 Å². The van der Waals surface area contributed by atoms with Gasteiger partial charge in [-0.15, -0.1) is 0 Å². The first-order valence-corrected chi connectivity index (χ1v) is 4.00. The summed E-state index contributed by atoms with van der Waals surface area (Å²) >= 11 is 7.23. The van der Waals surface area contributed by atoms with Gasteiger partial charge >= 0.3 is 51.9 Å².